The normalized spacial score (nSPS) is 10.5. The minimum atomic E-state index is 0.485. The van der Waals surface area contributed by atoms with Crippen molar-refractivity contribution in [1.82, 2.24) is 15.0 Å². The first-order valence-electron chi connectivity index (χ1n) is 5.65. The molecule has 0 aliphatic heterocycles. The highest BCUT2D eigenvalue weighted by Gasteiger charge is 2.05. The van der Waals surface area contributed by atoms with Crippen molar-refractivity contribution >= 4 is 11.6 Å². The van der Waals surface area contributed by atoms with E-state index in [0.717, 1.165) is 35.6 Å². The van der Waals surface area contributed by atoms with Crippen molar-refractivity contribution in [2.75, 3.05) is 0 Å². The molecular weight excluding hydrogens is 234 g/mol. The molecule has 0 saturated heterocycles. The van der Waals surface area contributed by atoms with Crippen LogP contribution in [0.15, 0.2) is 24.4 Å². The summed E-state index contributed by atoms with van der Waals surface area (Å²) in [6.07, 6.45) is 3.66. The van der Waals surface area contributed by atoms with Gasteiger partial charge in [0.15, 0.2) is 0 Å². The van der Waals surface area contributed by atoms with Crippen molar-refractivity contribution in [2.45, 2.75) is 26.7 Å². The number of hydrogen-bond acceptors (Lipinski definition) is 3. The molecule has 4 heteroatoms. The van der Waals surface area contributed by atoms with Crippen LogP contribution in [0.25, 0.3) is 11.3 Å². The van der Waals surface area contributed by atoms with Gasteiger partial charge in [-0.15, -0.1) is 0 Å². The molecule has 0 bridgehead atoms. The number of rotatable bonds is 3. The molecule has 88 valence electrons. The Morgan fingerprint density at radius 2 is 2.06 bits per heavy atom. The van der Waals surface area contributed by atoms with Crippen LogP contribution in [0.3, 0.4) is 0 Å². The Kier molecular flexibility index (Phi) is 3.69. The summed E-state index contributed by atoms with van der Waals surface area (Å²) in [7, 11) is 0. The molecule has 2 aromatic heterocycles. The van der Waals surface area contributed by atoms with Gasteiger partial charge in [0.1, 0.15) is 11.0 Å². The first-order chi connectivity index (χ1) is 8.19. The Bertz CT molecular complexity index is 509. The van der Waals surface area contributed by atoms with Gasteiger partial charge in [-0.2, -0.15) is 0 Å². The lowest BCUT2D eigenvalue weighted by atomic mass is 10.2. The van der Waals surface area contributed by atoms with E-state index in [1.807, 2.05) is 25.3 Å². The Morgan fingerprint density at radius 3 is 2.71 bits per heavy atom. The van der Waals surface area contributed by atoms with Gasteiger partial charge in [0, 0.05) is 29.9 Å². The van der Waals surface area contributed by atoms with E-state index in [1.54, 1.807) is 6.07 Å². The third kappa shape index (κ3) is 3.01. The predicted octanol–water partition coefficient (Wildman–Crippen LogP) is 3.45. The summed E-state index contributed by atoms with van der Waals surface area (Å²) in [5, 5.41) is 0.485. The van der Waals surface area contributed by atoms with Gasteiger partial charge in [-0.3, -0.25) is 4.98 Å². The van der Waals surface area contributed by atoms with E-state index in [4.69, 9.17) is 11.6 Å². The second-order valence-electron chi connectivity index (χ2n) is 3.93. The maximum absolute atomic E-state index is 6.00. The van der Waals surface area contributed by atoms with Gasteiger partial charge in [0.2, 0.25) is 0 Å². The molecule has 0 aliphatic carbocycles. The standard InChI is InChI=1S/C13H14ClN3/c1-3-4-13-16-11(7-12(14)17-13)10-6-5-9(2)15-8-10/h5-8H,3-4H2,1-2H3. The van der Waals surface area contributed by atoms with E-state index in [2.05, 4.69) is 21.9 Å². The van der Waals surface area contributed by atoms with Crippen molar-refractivity contribution in [1.29, 1.82) is 0 Å². The van der Waals surface area contributed by atoms with Crippen LogP contribution in [-0.4, -0.2) is 15.0 Å². The molecule has 0 aliphatic rings. The Balaban J connectivity index is 2.40. The molecule has 17 heavy (non-hydrogen) atoms. The zero-order chi connectivity index (χ0) is 12.3. The SMILES string of the molecule is CCCc1nc(Cl)cc(-c2ccc(C)nc2)n1. The van der Waals surface area contributed by atoms with Crippen LogP contribution in [0.2, 0.25) is 5.15 Å². The Morgan fingerprint density at radius 1 is 1.24 bits per heavy atom. The lowest BCUT2D eigenvalue weighted by molar-refractivity contribution is 0.836. The minimum absolute atomic E-state index is 0.485. The van der Waals surface area contributed by atoms with E-state index >= 15 is 0 Å². The molecule has 0 radical (unpaired) electrons. The van der Waals surface area contributed by atoms with Crippen molar-refractivity contribution in [2.24, 2.45) is 0 Å². The smallest absolute Gasteiger partial charge is 0.133 e. The van der Waals surface area contributed by atoms with E-state index in [1.165, 1.54) is 0 Å². The van der Waals surface area contributed by atoms with E-state index in [-0.39, 0.29) is 0 Å². The summed E-state index contributed by atoms with van der Waals surface area (Å²) in [5.41, 5.74) is 2.79. The van der Waals surface area contributed by atoms with Crippen LogP contribution >= 0.6 is 11.6 Å². The van der Waals surface area contributed by atoms with Crippen molar-refractivity contribution in [3.8, 4) is 11.3 Å². The maximum Gasteiger partial charge on any atom is 0.133 e. The molecule has 2 heterocycles. The summed E-state index contributed by atoms with van der Waals surface area (Å²) in [6.45, 7) is 4.05. The maximum atomic E-state index is 6.00. The molecule has 0 atom stereocenters. The van der Waals surface area contributed by atoms with Crippen molar-refractivity contribution in [3.05, 3.63) is 41.1 Å². The van der Waals surface area contributed by atoms with E-state index in [9.17, 15) is 0 Å². The highest BCUT2D eigenvalue weighted by molar-refractivity contribution is 6.29. The molecule has 0 N–H and O–H groups in total. The molecule has 0 amide bonds. The zero-order valence-electron chi connectivity index (χ0n) is 9.94. The van der Waals surface area contributed by atoms with E-state index < -0.39 is 0 Å². The average Bonchev–Trinajstić information content (AvgIpc) is 2.29. The number of aryl methyl sites for hydroxylation is 2. The summed E-state index contributed by atoms with van der Waals surface area (Å²) >= 11 is 6.00. The van der Waals surface area contributed by atoms with Crippen LogP contribution in [-0.2, 0) is 6.42 Å². The van der Waals surface area contributed by atoms with Gasteiger partial charge in [-0.25, -0.2) is 9.97 Å². The van der Waals surface area contributed by atoms with Crippen molar-refractivity contribution < 1.29 is 0 Å². The zero-order valence-corrected chi connectivity index (χ0v) is 10.7. The lowest BCUT2D eigenvalue weighted by Crippen LogP contribution is -1.97. The van der Waals surface area contributed by atoms with Crippen LogP contribution in [0, 0.1) is 6.92 Å². The first kappa shape index (κ1) is 12.0. The van der Waals surface area contributed by atoms with Crippen LogP contribution in [0.4, 0.5) is 0 Å². The largest absolute Gasteiger partial charge is 0.261 e. The van der Waals surface area contributed by atoms with Crippen LogP contribution < -0.4 is 0 Å². The van der Waals surface area contributed by atoms with Crippen molar-refractivity contribution in [3.63, 3.8) is 0 Å². The van der Waals surface area contributed by atoms with Crippen LogP contribution in [0.1, 0.15) is 24.9 Å². The second kappa shape index (κ2) is 5.23. The fourth-order valence-corrected chi connectivity index (χ4v) is 1.77. The third-order valence-corrected chi connectivity index (χ3v) is 2.62. The summed E-state index contributed by atoms with van der Waals surface area (Å²) in [5.74, 6) is 0.788. The quantitative estimate of drug-likeness (QED) is 0.780. The molecular formula is C13H14ClN3. The molecule has 0 aromatic carbocycles. The molecule has 2 rings (SSSR count). The topological polar surface area (TPSA) is 38.7 Å². The van der Waals surface area contributed by atoms with Gasteiger partial charge in [0.25, 0.3) is 0 Å². The number of hydrogen-bond donors (Lipinski definition) is 0. The number of aromatic nitrogens is 3. The molecule has 0 fully saturated rings. The molecule has 3 nitrogen and oxygen atoms in total. The van der Waals surface area contributed by atoms with E-state index in [0.29, 0.717) is 5.15 Å². The Labute approximate surface area is 106 Å². The summed E-state index contributed by atoms with van der Waals surface area (Å²) in [6, 6.07) is 5.73. The van der Waals surface area contributed by atoms with Crippen LogP contribution in [0.5, 0.6) is 0 Å². The molecule has 2 aromatic rings. The number of nitrogens with zero attached hydrogens (tertiary/aromatic N) is 3. The number of halogens is 1. The monoisotopic (exact) mass is 247 g/mol. The van der Waals surface area contributed by atoms with Gasteiger partial charge >= 0.3 is 0 Å². The van der Waals surface area contributed by atoms with Gasteiger partial charge < -0.3 is 0 Å². The fraction of sp³-hybridized carbons (Fsp3) is 0.308. The highest BCUT2D eigenvalue weighted by atomic mass is 35.5. The minimum Gasteiger partial charge on any atom is -0.261 e. The van der Waals surface area contributed by atoms with Gasteiger partial charge in [-0.1, -0.05) is 18.5 Å². The Hall–Kier alpha value is -1.48. The fourth-order valence-electron chi connectivity index (χ4n) is 1.57. The number of pyridine rings is 1. The van der Waals surface area contributed by atoms with Gasteiger partial charge in [-0.05, 0) is 25.5 Å². The molecule has 0 spiro atoms. The highest BCUT2D eigenvalue weighted by Crippen LogP contribution is 2.19. The third-order valence-electron chi connectivity index (χ3n) is 2.42. The summed E-state index contributed by atoms with van der Waals surface area (Å²) in [4.78, 5) is 12.9. The molecule has 0 unspecified atom stereocenters. The lowest BCUT2D eigenvalue weighted by Gasteiger charge is -2.04. The average molecular weight is 248 g/mol. The predicted molar refractivity (Wildman–Crippen MR) is 69.0 cm³/mol. The summed E-state index contributed by atoms with van der Waals surface area (Å²) < 4.78 is 0. The van der Waals surface area contributed by atoms with Gasteiger partial charge in [0.05, 0.1) is 5.69 Å². The molecule has 0 saturated carbocycles. The first-order valence-corrected chi connectivity index (χ1v) is 6.03. The second-order valence-corrected chi connectivity index (χ2v) is 4.32.